The third-order valence-electron chi connectivity index (χ3n) is 13.8. The number of aromatic amines is 2. The number of hydrogen-bond donors (Lipinski definition) is 8. The molecule has 0 spiro atoms. The summed E-state index contributed by atoms with van der Waals surface area (Å²) >= 11 is 0. The van der Waals surface area contributed by atoms with E-state index in [4.69, 9.17) is 15.2 Å². The highest BCUT2D eigenvalue weighted by molar-refractivity contribution is 6.58. The van der Waals surface area contributed by atoms with Crippen LogP contribution in [-0.2, 0) is 19.1 Å². The van der Waals surface area contributed by atoms with Crippen molar-refractivity contribution in [2.24, 2.45) is 5.73 Å². The Labute approximate surface area is 466 Å². The minimum absolute atomic E-state index is 0.1000. The highest BCUT2D eigenvalue weighted by atomic mass is 16.5. The summed E-state index contributed by atoms with van der Waals surface area (Å²) in [6.07, 6.45) is 2.93. The number of anilines is 2. The summed E-state index contributed by atoms with van der Waals surface area (Å²) in [7, 11) is -1.71. The number of benzene rings is 5. The largest absolute Gasteiger partial charge is 0.488 e. The van der Waals surface area contributed by atoms with Crippen LogP contribution in [0.1, 0.15) is 65.6 Å². The Bertz CT molecular complexity index is 3410. The Morgan fingerprint density at radius 1 is 0.580 bits per heavy atom. The van der Waals surface area contributed by atoms with E-state index in [2.05, 4.69) is 25.9 Å². The minimum Gasteiger partial charge on any atom is -0.423 e. The predicted molar refractivity (Wildman–Crippen MR) is 304 cm³/mol. The molecular formula is C58H63BN10O12. The van der Waals surface area contributed by atoms with Gasteiger partial charge in [0.1, 0.15) is 0 Å². The van der Waals surface area contributed by atoms with Gasteiger partial charge in [0.15, 0.2) is 0 Å². The number of amides is 7. The van der Waals surface area contributed by atoms with Crippen LogP contribution in [0.25, 0.3) is 21.8 Å². The van der Waals surface area contributed by atoms with Gasteiger partial charge in [-0.3, -0.25) is 33.6 Å². The SMILES string of the molecule is C[C@@H]1CN(C(=O)c2ccccc2)CCN1C(=O)C(=O)c1c[nH]c2c(NC(=O)NCCOCCOCCN)cccc12.C[C@@H]1CN(C(=O)c2ccccc2)CCN1C(=O)C(=O)c1c[nH]c2c(NC(=O)c3cccc(B(O)O)c3)cccc12. The normalized spacial score (nSPS) is 15.1. The fraction of sp³-hybridized carbons (Fsp3) is 0.276. The maximum atomic E-state index is 13.3. The lowest BCUT2D eigenvalue weighted by Crippen LogP contribution is -2.56. The van der Waals surface area contributed by atoms with E-state index in [9.17, 15) is 48.4 Å². The molecular weight excluding hydrogens is 1040 g/mol. The van der Waals surface area contributed by atoms with Crippen molar-refractivity contribution in [3.8, 4) is 0 Å². The van der Waals surface area contributed by atoms with Gasteiger partial charge in [-0.2, -0.15) is 0 Å². The first-order chi connectivity index (χ1) is 39.1. The number of para-hydroxylation sites is 2. The van der Waals surface area contributed by atoms with E-state index in [0.717, 1.165) is 0 Å². The van der Waals surface area contributed by atoms with Gasteiger partial charge in [-0.25, -0.2) is 4.79 Å². The van der Waals surface area contributed by atoms with Gasteiger partial charge >= 0.3 is 13.1 Å². The Morgan fingerprint density at radius 3 is 1.53 bits per heavy atom. The zero-order valence-electron chi connectivity index (χ0n) is 44.8. The number of rotatable bonds is 18. The van der Waals surface area contributed by atoms with Gasteiger partial charge in [-0.1, -0.05) is 72.8 Å². The lowest BCUT2D eigenvalue weighted by molar-refractivity contribution is -0.130. The molecule has 5 aromatic carbocycles. The smallest absolute Gasteiger partial charge is 0.423 e. The lowest BCUT2D eigenvalue weighted by atomic mass is 9.79. The molecule has 7 aromatic rings. The fourth-order valence-electron chi connectivity index (χ4n) is 9.64. The van der Waals surface area contributed by atoms with Crippen LogP contribution in [0.3, 0.4) is 0 Å². The summed E-state index contributed by atoms with van der Waals surface area (Å²) in [6.45, 7) is 7.80. The molecule has 7 amide bonds. The molecule has 22 nitrogen and oxygen atoms in total. The highest BCUT2D eigenvalue weighted by Gasteiger charge is 2.36. The molecule has 0 radical (unpaired) electrons. The number of carbonyl (C=O) groups is 8. The summed E-state index contributed by atoms with van der Waals surface area (Å²) < 4.78 is 10.6. The molecule has 0 saturated carbocycles. The molecule has 9 rings (SSSR count). The monoisotopic (exact) mass is 1100 g/mol. The number of Topliss-reactive ketones (excluding diaryl/α,β-unsaturated/α-hetero) is 2. The van der Waals surface area contributed by atoms with E-state index in [-0.39, 0.29) is 59.1 Å². The number of fused-ring (bicyclic) bond motifs is 2. The summed E-state index contributed by atoms with van der Waals surface area (Å²) in [6, 6.07) is 32.9. The van der Waals surface area contributed by atoms with Crippen molar-refractivity contribution in [2.75, 3.05) is 89.4 Å². The number of ether oxygens (including phenoxy) is 2. The summed E-state index contributed by atoms with van der Waals surface area (Å²) in [4.78, 5) is 116. The molecule has 81 heavy (non-hydrogen) atoms. The second-order valence-corrected chi connectivity index (χ2v) is 19.3. The third-order valence-corrected chi connectivity index (χ3v) is 13.8. The van der Waals surface area contributed by atoms with E-state index in [1.807, 2.05) is 38.1 Å². The third kappa shape index (κ3) is 14.1. The maximum Gasteiger partial charge on any atom is 0.488 e. The van der Waals surface area contributed by atoms with Crippen molar-refractivity contribution in [3.63, 3.8) is 0 Å². The standard InChI is InChI=1S/C29H27BN4O6.C29H36N6O6/c1-18-17-33(28(37)19-7-3-2-4-8-19)13-14-34(18)29(38)26(35)23-16-31-25-22(23)11-6-12-24(25)32-27(36)20-9-5-10-21(15-20)30(39)40;1-20-19-34(27(37)21-6-3-2-4-7-21)12-13-35(20)28(38)26(36)23-18-32-25-22(23)8-5-9-24(25)33-29(39)31-11-15-41-17-16-40-14-10-30/h2-12,15-16,18,31,39-40H,13-14,17H2,1H3,(H,32,36);2-9,18,20,32H,10-17,19,30H2,1H3,(H2,31,33,39)/t18-;20-/m11/s1. The Kier molecular flexibility index (Phi) is 19.6. The van der Waals surface area contributed by atoms with Crippen molar-refractivity contribution < 1.29 is 57.9 Å². The number of ketones is 2. The first-order valence-corrected chi connectivity index (χ1v) is 26.4. The second-order valence-electron chi connectivity index (χ2n) is 19.3. The summed E-state index contributed by atoms with van der Waals surface area (Å²) in [5, 5.41) is 28.0. The number of urea groups is 1. The number of aromatic nitrogens is 2. The van der Waals surface area contributed by atoms with Crippen LogP contribution >= 0.6 is 0 Å². The van der Waals surface area contributed by atoms with Crippen LogP contribution in [0.5, 0.6) is 0 Å². The van der Waals surface area contributed by atoms with Crippen LogP contribution in [0.4, 0.5) is 16.2 Å². The highest BCUT2D eigenvalue weighted by Crippen LogP contribution is 2.29. The fourth-order valence-corrected chi connectivity index (χ4v) is 9.64. The number of nitrogens with one attached hydrogen (secondary N) is 5. The van der Waals surface area contributed by atoms with Gasteiger partial charge in [0.05, 0.1) is 60.0 Å². The van der Waals surface area contributed by atoms with E-state index in [1.54, 1.807) is 88.7 Å². The number of piperazine rings is 2. The number of nitrogens with zero attached hydrogens (tertiary/aromatic N) is 4. The average molecular weight is 1100 g/mol. The first-order valence-electron chi connectivity index (χ1n) is 26.4. The number of carbonyl (C=O) groups excluding carboxylic acids is 8. The van der Waals surface area contributed by atoms with E-state index >= 15 is 0 Å². The Hall–Kier alpha value is -9.00. The Balaban J connectivity index is 0.000000212. The molecule has 2 aromatic heterocycles. The van der Waals surface area contributed by atoms with Gasteiger partial charge in [0, 0.05) is 104 Å². The molecule has 0 bridgehead atoms. The van der Waals surface area contributed by atoms with Gasteiger partial charge in [0.2, 0.25) is 0 Å². The second kappa shape index (κ2) is 27.2. The summed E-state index contributed by atoms with van der Waals surface area (Å²) in [5.74, 6) is -3.32. The van der Waals surface area contributed by atoms with E-state index in [1.165, 1.54) is 40.4 Å². The van der Waals surface area contributed by atoms with Crippen LogP contribution in [0, 0.1) is 0 Å². The van der Waals surface area contributed by atoms with Crippen molar-refractivity contribution in [1.82, 2.24) is 34.9 Å². The van der Waals surface area contributed by atoms with Gasteiger partial charge < -0.3 is 70.8 Å². The quantitative estimate of drug-likeness (QED) is 0.0265. The average Bonchev–Trinajstić information content (AvgIpc) is 4.20. The van der Waals surface area contributed by atoms with Crippen molar-refractivity contribution in [1.29, 1.82) is 0 Å². The molecule has 420 valence electrons. The first kappa shape index (κ1) is 58.2. The Morgan fingerprint density at radius 2 is 1.05 bits per heavy atom. The zero-order valence-corrected chi connectivity index (χ0v) is 44.8. The molecule has 2 atom stereocenters. The molecule has 2 saturated heterocycles. The molecule has 2 aliphatic rings. The number of H-pyrrole nitrogens is 2. The molecule has 0 aliphatic carbocycles. The lowest BCUT2D eigenvalue weighted by Gasteiger charge is -2.39. The maximum absolute atomic E-state index is 13.3. The molecule has 2 fully saturated rings. The summed E-state index contributed by atoms with van der Waals surface area (Å²) in [5.41, 5.74) is 9.16. The molecule has 2 aliphatic heterocycles. The van der Waals surface area contributed by atoms with E-state index in [0.29, 0.717) is 110 Å². The van der Waals surface area contributed by atoms with Crippen molar-refractivity contribution in [3.05, 3.63) is 162 Å². The van der Waals surface area contributed by atoms with Crippen LogP contribution in [0.2, 0.25) is 0 Å². The van der Waals surface area contributed by atoms with Crippen molar-refractivity contribution >= 4 is 92.9 Å². The van der Waals surface area contributed by atoms with Gasteiger partial charge in [-0.15, -0.1) is 0 Å². The van der Waals surface area contributed by atoms with Crippen LogP contribution < -0.4 is 27.1 Å². The van der Waals surface area contributed by atoms with Gasteiger partial charge in [0.25, 0.3) is 41.1 Å². The predicted octanol–water partition coefficient (Wildman–Crippen LogP) is 3.49. The molecule has 4 heterocycles. The molecule has 0 unspecified atom stereocenters. The van der Waals surface area contributed by atoms with E-state index < -0.39 is 42.4 Å². The van der Waals surface area contributed by atoms with Crippen molar-refractivity contribution in [2.45, 2.75) is 25.9 Å². The van der Waals surface area contributed by atoms with Crippen LogP contribution in [0.15, 0.2) is 134 Å². The molecule has 9 N–H and O–H groups in total. The number of hydrogen-bond acceptors (Lipinski definition) is 13. The zero-order chi connectivity index (χ0) is 57.6. The number of nitrogens with two attached hydrogens (primary N) is 1. The van der Waals surface area contributed by atoms with Crippen LogP contribution in [-0.4, -0.2) is 185 Å². The molecule has 23 heteroatoms. The topological polar surface area (TPSA) is 302 Å². The van der Waals surface area contributed by atoms with Gasteiger partial charge in [-0.05, 0) is 67.8 Å². The minimum atomic E-state index is -1.71.